The van der Waals surface area contributed by atoms with Crippen LogP contribution in [-0.4, -0.2) is 17.9 Å². The molecule has 114 valence electrons. The van der Waals surface area contributed by atoms with Crippen molar-refractivity contribution in [2.75, 3.05) is 0 Å². The fourth-order valence-electron chi connectivity index (χ4n) is 1.66. The highest BCUT2D eigenvalue weighted by molar-refractivity contribution is 5.80. The van der Waals surface area contributed by atoms with Gasteiger partial charge in [-0.25, -0.2) is 0 Å². The molecule has 0 aliphatic rings. The molecular weight excluding hydrogens is 246 g/mol. The Balaban J connectivity index is 0. The van der Waals surface area contributed by atoms with Gasteiger partial charge in [-0.2, -0.15) is 0 Å². The van der Waals surface area contributed by atoms with Crippen LogP contribution in [0.25, 0.3) is 0 Å². The molecule has 0 aromatic heterocycles. The van der Waals surface area contributed by atoms with E-state index in [-0.39, 0.29) is 11.8 Å². The summed E-state index contributed by atoms with van der Waals surface area (Å²) < 4.78 is 0. The van der Waals surface area contributed by atoms with Gasteiger partial charge in [0.2, 0.25) is 0 Å². The quantitative estimate of drug-likeness (QED) is 0.781. The van der Waals surface area contributed by atoms with Crippen molar-refractivity contribution in [1.29, 1.82) is 0 Å². The Bertz CT molecular complexity index is 335. The second-order valence-electron chi connectivity index (χ2n) is 4.42. The number of carbonyl (C=O) groups excluding carboxylic acids is 1. The highest BCUT2D eigenvalue weighted by Crippen LogP contribution is 2.05. The van der Waals surface area contributed by atoms with Crippen LogP contribution in [0.15, 0.2) is 43.5 Å². The summed E-state index contributed by atoms with van der Waals surface area (Å²) in [7, 11) is 0. The number of hydrogen-bond donors (Lipinski definition) is 1. The predicted octanol–water partition coefficient (Wildman–Crippen LogP) is 4.40. The Kier molecular flexibility index (Phi) is 14.6. The van der Waals surface area contributed by atoms with Gasteiger partial charge in [-0.1, -0.05) is 44.2 Å². The lowest BCUT2D eigenvalue weighted by Gasteiger charge is -2.17. The largest absolute Gasteiger partial charge is 0.305 e. The Morgan fingerprint density at radius 1 is 1.15 bits per heavy atom. The molecule has 0 radical (unpaired) electrons. The predicted molar refractivity (Wildman–Crippen MR) is 90.1 cm³/mol. The van der Waals surface area contributed by atoms with E-state index in [0.717, 1.165) is 12.8 Å². The van der Waals surface area contributed by atoms with Crippen LogP contribution in [0.4, 0.5) is 0 Å². The molecule has 1 aromatic rings. The van der Waals surface area contributed by atoms with Crippen molar-refractivity contribution in [3.05, 3.63) is 49.1 Å². The van der Waals surface area contributed by atoms with Gasteiger partial charge in [0.1, 0.15) is 5.78 Å². The average molecular weight is 277 g/mol. The van der Waals surface area contributed by atoms with Crippen molar-refractivity contribution < 1.29 is 4.79 Å². The van der Waals surface area contributed by atoms with E-state index in [9.17, 15) is 4.79 Å². The summed E-state index contributed by atoms with van der Waals surface area (Å²) in [5, 5.41) is 3.30. The summed E-state index contributed by atoms with van der Waals surface area (Å²) in [6.07, 6.45) is 2.11. The smallest absolute Gasteiger partial charge is 0.146 e. The first kappa shape index (κ1) is 20.9. The normalized spacial score (nSPS) is 12.1. The van der Waals surface area contributed by atoms with E-state index in [0.29, 0.717) is 6.04 Å². The molecule has 2 atom stereocenters. The second kappa shape index (κ2) is 14.0. The Hall–Kier alpha value is -1.41. The van der Waals surface area contributed by atoms with Crippen LogP contribution in [0, 0.1) is 0 Å². The minimum atomic E-state index is -0.0363. The second-order valence-corrected chi connectivity index (χ2v) is 4.42. The highest BCUT2D eigenvalue weighted by Gasteiger charge is 2.10. The first-order valence-electron chi connectivity index (χ1n) is 7.40. The average Bonchev–Trinajstić information content (AvgIpc) is 2.50. The van der Waals surface area contributed by atoms with Crippen LogP contribution in [0.1, 0.15) is 46.6 Å². The van der Waals surface area contributed by atoms with Crippen molar-refractivity contribution in [3.8, 4) is 0 Å². The molecule has 0 aliphatic carbocycles. The number of benzene rings is 1. The highest BCUT2D eigenvalue weighted by atomic mass is 16.1. The van der Waals surface area contributed by atoms with Gasteiger partial charge in [0, 0.05) is 6.04 Å². The third kappa shape index (κ3) is 10.5. The molecule has 2 heteroatoms. The Morgan fingerprint density at radius 3 is 2.10 bits per heavy atom. The molecule has 2 nitrogen and oxygen atoms in total. The van der Waals surface area contributed by atoms with Gasteiger partial charge in [0.15, 0.2) is 0 Å². The summed E-state index contributed by atoms with van der Waals surface area (Å²) in [4.78, 5) is 11.1. The molecule has 2 unspecified atom stereocenters. The van der Waals surface area contributed by atoms with Gasteiger partial charge in [-0.3, -0.25) is 4.79 Å². The zero-order chi connectivity index (χ0) is 16.0. The fourth-order valence-corrected chi connectivity index (χ4v) is 1.66. The number of rotatable bonds is 6. The Morgan fingerprint density at radius 2 is 1.65 bits per heavy atom. The molecule has 0 saturated carbocycles. The van der Waals surface area contributed by atoms with Gasteiger partial charge >= 0.3 is 0 Å². The zero-order valence-corrected chi connectivity index (χ0v) is 13.8. The maximum absolute atomic E-state index is 11.1. The van der Waals surface area contributed by atoms with Crippen molar-refractivity contribution in [1.82, 2.24) is 5.32 Å². The molecule has 20 heavy (non-hydrogen) atoms. The van der Waals surface area contributed by atoms with E-state index in [2.05, 4.69) is 49.7 Å². The minimum absolute atomic E-state index is 0.0363. The lowest BCUT2D eigenvalue weighted by atomic mass is 10.1. The number of ketones is 1. The van der Waals surface area contributed by atoms with Gasteiger partial charge in [-0.15, -0.1) is 13.2 Å². The molecule has 0 amide bonds. The number of carbonyl (C=O) groups is 1. The molecule has 1 N–H and O–H groups in total. The van der Waals surface area contributed by atoms with Crippen molar-refractivity contribution >= 4 is 5.78 Å². The number of Topliss-reactive ketones (excluding diaryl/α,β-unsaturated/α-hetero) is 1. The summed E-state index contributed by atoms with van der Waals surface area (Å²) in [5.41, 5.74) is 1.35. The van der Waals surface area contributed by atoms with Crippen LogP contribution in [0.3, 0.4) is 0 Å². The first-order valence-corrected chi connectivity index (χ1v) is 7.40. The van der Waals surface area contributed by atoms with Crippen LogP contribution in [0.2, 0.25) is 0 Å². The van der Waals surface area contributed by atoms with Gasteiger partial charge in [0.05, 0.1) is 6.04 Å². The lowest BCUT2D eigenvalue weighted by molar-refractivity contribution is -0.118. The summed E-state index contributed by atoms with van der Waals surface area (Å²) in [6, 6.07) is 10.8. The van der Waals surface area contributed by atoms with Crippen LogP contribution < -0.4 is 5.32 Å². The van der Waals surface area contributed by atoms with Gasteiger partial charge in [-0.05, 0) is 39.2 Å². The monoisotopic (exact) mass is 277 g/mol. The third-order valence-electron chi connectivity index (χ3n) is 2.85. The molecule has 0 fully saturated rings. The van der Waals surface area contributed by atoms with Gasteiger partial charge in [0.25, 0.3) is 0 Å². The molecule has 0 bridgehead atoms. The first-order chi connectivity index (χ1) is 9.59. The molecule has 1 aromatic carbocycles. The molecule has 0 spiro atoms. The summed E-state index contributed by atoms with van der Waals surface area (Å²) in [6.45, 7) is 15.7. The van der Waals surface area contributed by atoms with Crippen molar-refractivity contribution in [2.45, 2.75) is 59.5 Å². The van der Waals surface area contributed by atoms with Crippen LogP contribution in [0.5, 0.6) is 0 Å². The molecular formula is C18H31NO. The van der Waals surface area contributed by atoms with Crippen molar-refractivity contribution in [3.63, 3.8) is 0 Å². The van der Waals surface area contributed by atoms with Crippen LogP contribution in [-0.2, 0) is 11.2 Å². The van der Waals surface area contributed by atoms with E-state index in [4.69, 9.17) is 0 Å². The molecule has 0 aliphatic heterocycles. The maximum atomic E-state index is 11.1. The SMILES string of the molecule is C=C.CC.CC(=O)C(C)NC(C)CCc1ccccc1. The number of nitrogens with one attached hydrogen (secondary N) is 1. The van der Waals surface area contributed by atoms with E-state index in [1.165, 1.54) is 5.56 Å². The van der Waals surface area contributed by atoms with E-state index >= 15 is 0 Å². The third-order valence-corrected chi connectivity index (χ3v) is 2.85. The van der Waals surface area contributed by atoms with Gasteiger partial charge < -0.3 is 5.32 Å². The topological polar surface area (TPSA) is 29.1 Å². The maximum Gasteiger partial charge on any atom is 0.146 e. The number of aryl methyl sites for hydroxylation is 1. The summed E-state index contributed by atoms with van der Waals surface area (Å²) in [5.74, 6) is 0.201. The molecule has 0 heterocycles. The molecule has 0 saturated heterocycles. The zero-order valence-electron chi connectivity index (χ0n) is 13.8. The summed E-state index contributed by atoms with van der Waals surface area (Å²) >= 11 is 0. The van der Waals surface area contributed by atoms with E-state index in [1.807, 2.05) is 26.8 Å². The minimum Gasteiger partial charge on any atom is -0.305 e. The lowest BCUT2D eigenvalue weighted by Crippen LogP contribution is -2.39. The number of hydrogen-bond acceptors (Lipinski definition) is 2. The van der Waals surface area contributed by atoms with Crippen LogP contribution >= 0.6 is 0 Å². The van der Waals surface area contributed by atoms with E-state index < -0.39 is 0 Å². The van der Waals surface area contributed by atoms with Crippen molar-refractivity contribution in [2.24, 2.45) is 0 Å². The fraction of sp³-hybridized carbons (Fsp3) is 0.500. The standard InChI is InChI=1S/C14H21NO.C2H6.C2H4/c1-11(15-12(2)13(3)16)9-10-14-7-5-4-6-8-14;2*1-2/h4-8,11-12,15H,9-10H2,1-3H3;1-2H3;1-2H2. The molecule has 1 rings (SSSR count). The van der Waals surface area contributed by atoms with E-state index in [1.54, 1.807) is 6.92 Å². The Labute approximate surface area is 125 Å².